The summed E-state index contributed by atoms with van der Waals surface area (Å²) in [5.74, 6) is 0. The summed E-state index contributed by atoms with van der Waals surface area (Å²) in [6.07, 6.45) is 0. The molecule has 0 aromatic heterocycles. The van der Waals surface area contributed by atoms with Crippen LogP contribution in [-0.2, 0) is 0 Å². The number of hydrogen-bond donors (Lipinski definition) is 2. The van der Waals surface area contributed by atoms with Gasteiger partial charge in [-0.25, -0.2) is 5.15 Å². The average molecular weight is 119 g/mol. The maximum absolute atomic E-state index is 8.34. The van der Waals surface area contributed by atoms with E-state index in [-0.39, 0.29) is 0 Å². The van der Waals surface area contributed by atoms with Crippen LogP contribution in [0.25, 0.3) is 0 Å². The molecule has 0 aliphatic heterocycles. The Balaban J connectivity index is 2.99. The summed E-state index contributed by atoms with van der Waals surface area (Å²) in [4.78, 5) is 0. The third kappa shape index (κ3) is 2.79. The van der Waals surface area contributed by atoms with Crippen molar-refractivity contribution in [2.24, 2.45) is 0 Å². The van der Waals surface area contributed by atoms with Crippen LogP contribution in [0.15, 0.2) is 0 Å². The van der Waals surface area contributed by atoms with E-state index in [0.717, 1.165) is 12.1 Å². The molecular formula is C4H13NOSi. The van der Waals surface area contributed by atoms with Crippen LogP contribution in [0.1, 0.15) is 13.8 Å². The molecule has 44 valence electrons. The molecular weight excluding hydrogens is 106 g/mol. The first-order valence-corrected chi connectivity index (χ1v) is 4.95. The molecule has 0 bridgehead atoms. The van der Waals surface area contributed by atoms with E-state index in [9.17, 15) is 0 Å². The maximum Gasteiger partial charge on any atom is 0.140 e. The third-order valence-corrected chi connectivity index (χ3v) is 3.50. The molecule has 0 aromatic rings. The average Bonchev–Trinajstić information content (AvgIpc) is 1.72. The fourth-order valence-electron chi connectivity index (χ4n) is 0.471. The Morgan fingerprint density at radius 1 is 1.43 bits per heavy atom. The molecule has 7 heavy (non-hydrogen) atoms. The first-order valence-electron chi connectivity index (χ1n) is 2.74. The molecule has 0 saturated heterocycles. The van der Waals surface area contributed by atoms with Crippen LogP contribution in [0.3, 0.4) is 0 Å². The molecule has 0 amide bonds. The predicted molar refractivity (Wildman–Crippen MR) is 33.0 cm³/mol. The van der Waals surface area contributed by atoms with E-state index >= 15 is 0 Å². The fraction of sp³-hybridized carbons (Fsp3) is 1.00. The van der Waals surface area contributed by atoms with Gasteiger partial charge in [0.25, 0.3) is 0 Å². The van der Waals surface area contributed by atoms with Crippen LogP contribution >= 0.6 is 0 Å². The van der Waals surface area contributed by atoms with Gasteiger partial charge in [-0.3, -0.25) is 0 Å². The van der Waals surface area contributed by atoms with Gasteiger partial charge in [0, 0.05) is 0 Å². The Labute approximate surface area is 46.2 Å². The van der Waals surface area contributed by atoms with Crippen LogP contribution < -0.4 is 5.15 Å². The molecule has 2 N–H and O–H groups in total. The van der Waals surface area contributed by atoms with Crippen LogP contribution in [-0.4, -0.2) is 14.2 Å². The van der Waals surface area contributed by atoms with Crippen molar-refractivity contribution in [1.29, 1.82) is 0 Å². The van der Waals surface area contributed by atoms with Crippen molar-refractivity contribution in [2.45, 2.75) is 25.9 Å². The van der Waals surface area contributed by atoms with Crippen molar-refractivity contribution in [1.82, 2.24) is 5.15 Å². The molecule has 0 aliphatic rings. The number of rotatable bonds is 3. The quantitative estimate of drug-likeness (QED) is 0.424. The number of hydrogen-bond acceptors (Lipinski definition) is 2. The highest BCUT2D eigenvalue weighted by molar-refractivity contribution is 6.55. The second-order valence-corrected chi connectivity index (χ2v) is 4.93. The smallest absolute Gasteiger partial charge is 0.140 e. The summed E-state index contributed by atoms with van der Waals surface area (Å²) in [5, 5.41) is 10.7. The van der Waals surface area contributed by atoms with Crippen LogP contribution in [0, 0.1) is 0 Å². The van der Waals surface area contributed by atoms with Gasteiger partial charge in [0.05, 0.1) is 0 Å². The largest absolute Gasteiger partial charge is 0.324 e. The zero-order chi connectivity index (χ0) is 5.70. The van der Waals surface area contributed by atoms with Crippen molar-refractivity contribution in [2.75, 3.05) is 0 Å². The lowest BCUT2D eigenvalue weighted by Gasteiger charge is -2.03. The van der Waals surface area contributed by atoms with E-state index in [0.29, 0.717) is 0 Å². The molecule has 0 rings (SSSR count). The van der Waals surface area contributed by atoms with Crippen LogP contribution in [0.2, 0.25) is 12.1 Å². The summed E-state index contributed by atoms with van der Waals surface area (Å²) < 4.78 is 0. The summed E-state index contributed by atoms with van der Waals surface area (Å²) in [5.41, 5.74) is 0. The van der Waals surface area contributed by atoms with Gasteiger partial charge in [0.15, 0.2) is 0 Å². The Hall–Kier alpha value is 0.137. The standard InChI is InChI=1S/C4H13NOSi/c1-3-7(4-2)5-6/h5-7H,3-4H2,1-2H3. The number of nitrogens with one attached hydrogen (secondary N) is 1. The van der Waals surface area contributed by atoms with Gasteiger partial charge in [0.2, 0.25) is 0 Å². The second kappa shape index (κ2) is 4.30. The highest BCUT2D eigenvalue weighted by atomic mass is 28.3. The minimum absolute atomic E-state index is 0.866. The van der Waals surface area contributed by atoms with Crippen molar-refractivity contribution >= 4 is 8.96 Å². The third-order valence-electron chi connectivity index (χ3n) is 1.17. The minimum atomic E-state index is -0.866. The van der Waals surface area contributed by atoms with E-state index in [2.05, 4.69) is 19.0 Å². The molecule has 3 heteroatoms. The summed E-state index contributed by atoms with van der Waals surface area (Å²) in [6, 6.07) is 2.26. The van der Waals surface area contributed by atoms with E-state index < -0.39 is 8.96 Å². The van der Waals surface area contributed by atoms with E-state index in [1.807, 2.05) is 0 Å². The van der Waals surface area contributed by atoms with E-state index in [4.69, 9.17) is 5.21 Å². The van der Waals surface area contributed by atoms with E-state index in [1.54, 1.807) is 0 Å². The Morgan fingerprint density at radius 3 is 1.86 bits per heavy atom. The second-order valence-electron chi connectivity index (χ2n) is 1.64. The monoisotopic (exact) mass is 119 g/mol. The fourth-order valence-corrected chi connectivity index (χ4v) is 1.41. The molecule has 0 fully saturated rings. The van der Waals surface area contributed by atoms with Crippen molar-refractivity contribution in [3.8, 4) is 0 Å². The van der Waals surface area contributed by atoms with Crippen molar-refractivity contribution < 1.29 is 5.21 Å². The Kier molecular flexibility index (Phi) is 4.38. The Bertz CT molecular complexity index is 33.2. The highest BCUT2D eigenvalue weighted by Crippen LogP contribution is 1.90. The lowest BCUT2D eigenvalue weighted by molar-refractivity contribution is 0.240. The highest BCUT2D eigenvalue weighted by Gasteiger charge is 1.99. The van der Waals surface area contributed by atoms with Crippen molar-refractivity contribution in [3.05, 3.63) is 0 Å². The first-order chi connectivity index (χ1) is 3.35. The molecule has 0 aliphatic carbocycles. The molecule has 0 saturated carbocycles. The lowest BCUT2D eigenvalue weighted by Crippen LogP contribution is -2.28. The SMILES string of the molecule is CC[SiH](CC)NO. The molecule has 0 unspecified atom stereocenters. The van der Waals surface area contributed by atoms with Crippen LogP contribution in [0.5, 0.6) is 0 Å². The molecule has 0 radical (unpaired) electrons. The maximum atomic E-state index is 8.34. The van der Waals surface area contributed by atoms with Crippen LogP contribution in [0.4, 0.5) is 0 Å². The topological polar surface area (TPSA) is 32.3 Å². The molecule has 0 aromatic carbocycles. The molecule has 2 nitrogen and oxygen atoms in total. The van der Waals surface area contributed by atoms with Gasteiger partial charge < -0.3 is 5.21 Å². The molecule has 0 heterocycles. The predicted octanol–water partition coefficient (Wildman–Crippen LogP) is 0.729. The van der Waals surface area contributed by atoms with Gasteiger partial charge in [-0.2, -0.15) is 0 Å². The molecule has 0 atom stereocenters. The van der Waals surface area contributed by atoms with Gasteiger partial charge in [-0.05, 0) is 12.1 Å². The summed E-state index contributed by atoms with van der Waals surface area (Å²) in [6.45, 7) is 4.20. The summed E-state index contributed by atoms with van der Waals surface area (Å²) >= 11 is 0. The van der Waals surface area contributed by atoms with Gasteiger partial charge in [0.1, 0.15) is 8.96 Å². The van der Waals surface area contributed by atoms with E-state index in [1.165, 1.54) is 0 Å². The normalized spacial score (nSPS) is 10.3. The zero-order valence-electron chi connectivity index (χ0n) is 4.94. The lowest BCUT2D eigenvalue weighted by atomic mass is 10.9. The summed E-state index contributed by atoms with van der Waals surface area (Å²) in [7, 11) is -0.866. The van der Waals surface area contributed by atoms with Gasteiger partial charge >= 0.3 is 0 Å². The minimum Gasteiger partial charge on any atom is -0.324 e. The van der Waals surface area contributed by atoms with Gasteiger partial charge in [-0.15, -0.1) is 0 Å². The zero-order valence-corrected chi connectivity index (χ0v) is 6.09. The Morgan fingerprint density at radius 2 is 1.86 bits per heavy atom. The molecule has 0 spiro atoms. The first kappa shape index (κ1) is 7.14. The van der Waals surface area contributed by atoms with Gasteiger partial charge in [-0.1, -0.05) is 13.8 Å². The van der Waals surface area contributed by atoms with Crippen molar-refractivity contribution in [3.63, 3.8) is 0 Å².